The summed E-state index contributed by atoms with van der Waals surface area (Å²) in [4.78, 5) is 11.0. The van der Waals surface area contributed by atoms with Crippen molar-refractivity contribution in [2.75, 3.05) is 20.3 Å². The molecule has 130 valence electrons. The number of hydrogen-bond acceptors (Lipinski definition) is 5. The van der Waals surface area contributed by atoms with Crippen molar-refractivity contribution in [3.63, 3.8) is 0 Å². The van der Waals surface area contributed by atoms with Gasteiger partial charge in [-0.25, -0.2) is 4.79 Å². The number of aliphatic carboxylic acids is 1. The molecule has 0 aromatic heterocycles. The van der Waals surface area contributed by atoms with Gasteiger partial charge in [0.15, 0.2) is 6.10 Å². The minimum atomic E-state index is -0.986. The highest BCUT2D eigenvalue weighted by Gasteiger charge is 2.16. The lowest BCUT2D eigenvalue weighted by Crippen LogP contribution is -2.24. The number of carboxylic acids is 1. The van der Waals surface area contributed by atoms with Crippen molar-refractivity contribution in [3.05, 3.63) is 59.7 Å². The van der Waals surface area contributed by atoms with Crippen LogP contribution in [0.25, 0.3) is 0 Å². The largest absolute Gasteiger partial charge is 0.490 e. The van der Waals surface area contributed by atoms with Crippen LogP contribution >= 0.6 is 0 Å². The molecule has 0 bridgehead atoms. The fourth-order valence-corrected chi connectivity index (χ4v) is 2.18. The minimum Gasteiger partial charge on any atom is -0.490 e. The molecular formula is C19H19NO5. The molecular weight excluding hydrogens is 322 g/mol. The summed E-state index contributed by atoms with van der Waals surface area (Å²) in [5, 5.41) is 17.8. The van der Waals surface area contributed by atoms with E-state index in [1.807, 2.05) is 12.1 Å². The second-order valence-electron chi connectivity index (χ2n) is 5.25. The maximum Gasteiger partial charge on any atom is 0.333 e. The Balaban J connectivity index is 1.78. The van der Waals surface area contributed by atoms with E-state index < -0.39 is 12.1 Å². The molecule has 0 unspecified atom stereocenters. The van der Waals surface area contributed by atoms with Crippen molar-refractivity contribution in [2.24, 2.45) is 0 Å². The second-order valence-corrected chi connectivity index (χ2v) is 5.25. The van der Waals surface area contributed by atoms with Crippen molar-refractivity contribution in [1.82, 2.24) is 0 Å². The van der Waals surface area contributed by atoms with E-state index in [1.165, 1.54) is 7.11 Å². The van der Waals surface area contributed by atoms with Crippen LogP contribution in [0.3, 0.4) is 0 Å². The third-order valence-electron chi connectivity index (χ3n) is 3.49. The molecule has 0 spiro atoms. The Hall–Kier alpha value is -3.04. The molecule has 2 aromatic carbocycles. The molecule has 1 N–H and O–H groups in total. The fourth-order valence-electron chi connectivity index (χ4n) is 2.18. The summed E-state index contributed by atoms with van der Waals surface area (Å²) in [6.07, 6.45) is -0.561. The van der Waals surface area contributed by atoms with Gasteiger partial charge in [0.25, 0.3) is 0 Å². The van der Waals surface area contributed by atoms with Crippen molar-refractivity contribution >= 4 is 5.97 Å². The number of methoxy groups -OCH3 is 1. The number of rotatable bonds is 9. The molecule has 2 aromatic rings. The third kappa shape index (κ3) is 5.83. The predicted molar refractivity (Wildman–Crippen MR) is 90.7 cm³/mol. The summed E-state index contributed by atoms with van der Waals surface area (Å²) in [5.74, 6) is 0.306. The van der Waals surface area contributed by atoms with Crippen LogP contribution in [0, 0.1) is 11.3 Å². The molecule has 6 heteroatoms. The number of hydrogen-bond donors (Lipinski definition) is 1. The first-order valence-corrected chi connectivity index (χ1v) is 7.72. The molecule has 0 aliphatic heterocycles. The predicted octanol–water partition coefficient (Wildman–Crippen LogP) is 2.66. The summed E-state index contributed by atoms with van der Waals surface area (Å²) in [5.41, 5.74) is 1.40. The Morgan fingerprint density at radius 3 is 2.40 bits per heavy atom. The fraction of sp³-hybridized carbons (Fsp3) is 0.263. The van der Waals surface area contributed by atoms with Gasteiger partial charge in [-0.2, -0.15) is 5.26 Å². The van der Waals surface area contributed by atoms with Gasteiger partial charge in [-0.05, 0) is 35.9 Å². The van der Waals surface area contributed by atoms with Crippen LogP contribution in [0.15, 0.2) is 48.5 Å². The maximum atomic E-state index is 11.0. The Morgan fingerprint density at radius 2 is 1.80 bits per heavy atom. The topological polar surface area (TPSA) is 88.8 Å². The van der Waals surface area contributed by atoms with Crippen LogP contribution in [0.5, 0.6) is 11.5 Å². The van der Waals surface area contributed by atoms with Gasteiger partial charge in [0.1, 0.15) is 24.7 Å². The normalized spacial score (nSPS) is 11.4. The Bertz CT molecular complexity index is 736. The molecule has 6 nitrogen and oxygen atoms in total. The summed E-state index contributed by atoms with van der Waals surface area (Å²) >= 11 is 0. The van der Waals surface area contributed by atoms with Crippen molar-refractivity contribution < 1.29 is 24.1 Å². The van der Waals surface area contributed by atoms with E-state index in [1.54, 1.807) is 36.4 Å². The number of benzene rings is 2. The van der Waals surface area contributed by atoms with Gasteiger partial charge in [0.2, 0.25) is 0 Å². The molecule has 0 aliphatic rings. The lowest BCUT2D eigenvalue weighted by atomic mass is 10.1. The van der Waals surface area contributed by atoms with Crippen molar-refractivity contribution in [3.8, 4) is 17.6 Å². The maximum absolute atomic E-state index is 11.0. The number of nitrogens with zero attached hydrogens (tertiary/aromatic N) is 1. The molecule has 0 fully saturated rings. The molecule has 1 atom stereocenters. The number of nitriles is 1. The molecule has 0 saturated heterocycles. The van der Waals surface area contributed by atoms with Gasteiger partial charge in [0.05, 0.1) is 11.6 Å². The zero-order valence-electron chi connectivity index (χ0n) is 13.8. The lowest BCUT2D eigenvalue weighted by Gasteiger charge is -2.11. The van der Waals surface area contributed by atoms with E-state index >= 15 is 0 Å². The zero-order valence-corrected chi connectivity index (χ0v) is 13.8. The molecule has 25 heavy (non-hydrogen) atoms. The van der Waals surface area contributed by atoms with Gasteiger partial charge < -0.3 is 19.3 Å². The van der Waals surface area contributed by atoms with Gasteiger partial charge >= 0.3 is 5.97 Å². The summed E-state index contributed by atoms with van der Waals surface area (Å²) < 4.78 is 16.0. The summed E-state index contributed by atoms with van der Waals surface area (Å²) in [6, 6.07) is 16.2. The highest BCUT2D eigenvalue weighted by molar-refractivity contribution is 5.72. The van der Waals surface area contributed by atoms with Crippen LogP contribution in [0.2, 0.25) is 0 Å². The van der Waals surface area contributed by atoms with Crippen molar-refractivity contribution in [2.45, 2.75) is 12.5 Å². The first-order valence-electron chi connectivity index (χ1n) is 7.72. The minimum absolute atomic E-state index is 0.296. The number of carboxylic acid groups (broad SMARTS) is 1. The highest BCUT2D eigenvalue weighted by atomic mass is 16.5. The van der Waals surface area contributed by atoms with Crippen LogP contribution in [0.4, 0.5) is 0 Å². The SMILES string of the molecule is CO[C@@H](Cc1ccc(OCCOc2cccc(C#N)c2)cc1)C(=O)O. The molecule has 2 rings (SSSR count). The molecule has 0 heterocycles. The molecule has 0 radical (unpaired) electrons. The standard InChI is InChI=1S/C19H19NO5/c1-23-18(19(21)22)12-14-5-7-16(8-6-14)24-9-10-25-17-4-2-3-15(11-17)13-20/h2-8,11,18H,9-10,12H2,1H3,(H,21,22)/t18-/m0/s1. The zero-order chi connectivity index (χ0) is 18.1. The van der Waals surface area contributed by atoms with Crippen LogP contribution in [-0.4, -0.2) is 37.5 Å². The molecule has 0 amide bonds. The Labute approximate surface area is 146 Å². The second kappa shape index (κ2) is 9.30. The average molecular weight is 341 g/mol. The third-order valence-corrected chi connectivity index (χ3v) is 3.49. The quantitative estimate of drug-likeness (QED) is 0.705. The van der Waals surface area contributed by atoms with E-state index in [9.17, 15) is 4.79 Å². The average Bonchev–Trinajstić information content (AvgIpc) is 2.64. The summed E-state index contributed by atoms with van der Waals surface area (Å²) in [6.45, 7) is 0.702. The van der Waals surface area contributed by atoms with E-state index in [0.717, 1.165) is 5.56 Å². The van der Waals surface area contributed by atoms with Gasteiger partial charge in [-0.15, -0.1) is 0 Å². The molecule has 0 saturated carbocycles. The van der Waals surface area contributed by atoms with E-state index in [-0.39, 0.29) is 0 Å². The lowest BCUT2D eigenvalue weighted by molar-refractivity contribution is -0.148. The van der Waals surface area contributed by atoms with Crippen LogP contribution < -0.4 is 9.47 Å². The first-order chi connectivity index (χ1) is 12.1. The van der Waals surface area contributed by atoms with Gasteiger partial charge in [-0.3, -0.25) is 0 Å². The van der Waals surface area contributed by atoms with E-state index in [4.69, 9.17) is 24.6 Å². The Kier molecular flexibility index (Phi) is 6.81. The molecule has 0 aliphatic carbocycles. The van der Waals surface area contributed by atoms with Crippen LogP contribution in [-0.2, 0) is 16.0 Å². The van der Waals surface area contributed by atoms with Gasteiger partial charge in [-0.1, -0.05) is 18.2 Å². The van der Waals surface area contributed by atoms with Crippen molar-refractivity contribution in [1.29, 1.82) is 5.26 Å². The first kappa shape index (κ1) is 18.3. The number of carbonyl (C=O) groups is 1. The smallest absolute Gasteiger partial charge is 0.333 e. The number of ether oxygens (including phenoxy) is 3. The summed E-state index contributed by atoms with van der Waals surface area (Å²) in [7, 11) is 1.38. The monoisotopic (exact) mass is 341 g/mol. The highest BCUT2D eigenvalue weighted by Crippen LogP contribution is 2.15. The van der Waals surface area contributed by atoms with Gasteiger partial charge in [0, 0.05) is 13.5 Å². The van der Waals surface area contributed by atoms with E-state index in [0.29, 0.717) is 36.7 Å². The Morgan fingerprint density at radius 1 is 1.12 bits per heavy atom. The van der Waals surface area contributed by atoms with E-state index in [2.05, 4.69) is 6.07 Å². The van der Waals surface area contributed by atoms with Crippen LogP contribution in [0.1, 0.15) is 11.1 Å².